The number of anilines is 2. The number of aryl methyl sites for hydroxylation is 1. The minimum Gasteiger partial charge on any atom is -0.408 e. The van der Waals surface area contributed by atoms with Crippen molar-refractivity contribution in [2.24, 2.45) is 0 Å². The van der Waals surface area contributed by atoms with E-state index < -0.39 is 5.76 Å². The molecule has 23 heavy (non-hydrogen) atoms. The number of carbonyl (C=O) groups excluding carboxylic acids is 1. The molecular formula is C15H15N5O3. The minimum absolute atomic E-state index is 0.111. The fourth-order valence-corrected chi connectivity index (χ4v) is 2.77. The molecule has 8 nitrogen and oxygen atoms in total. The maximum atomic E-state index is 12.3. The number of aromatic nitrogens is 3. The van der Waals surface area contributed by atoms with Crippen molar-refractivity contribution in [3.8, 4) is 0 Å². The number of nitrogens with one attached hydrogen (secondary N) is 2. The van der Waals surface area contributed by atoms with E-state index in [1.807, 2.05) is 4.68 Å². The van der Waals surface area contributed by atoms with Crippen LogP contribution in [-0.2, 0) is 17.9 Å². The first-order valence-corrected chi connectivity index (χ1v) is 7.40. The van der Waals surface area contributed by atoms with Gasteiger partial charge in [0.1, 0.15) is 18.1 Å². The lowest BCUT2D eigenvalue weighted by Crippen LogP contribution is -2.25. The van der Waals surface area contributed by atoms with Gasteiger partial charge in [-0.2, -0.15) is 5.10 Å². The molecule has 8 heteroatoms. The van der Waals surface area contributed by atoms with Crippen LogP contribution in [0.2, 0.25) is 0 Å². The molecule has 2 N–H and O–H groups in total. The molecule has 0 radical (unpaired) electrons. The maximum Gasteiger partial charge on any atom is 0.420 e. The van der Waals surface area contributed by atoms with Gasteiger partial charge in [0.05, 0.1) is 11.7 Å². The molecule has 0 saturated carbocycles. The Bertz CT molecular complexity index is 936. The number of amides is 1. The molecule has 0 aliphatic carbocycles. The summed E-state index contributed by atoms with van der Waals surface area (Å²) < 4.78 is 8.26. The summed E-state index contributed by atoms with van der Waals surface area (Å²) in [6.45, 7) is 1.56. The van der Waals surface area contributed by atoms with E-state index in [9.17, 15) is 9.59 Å². The Hall–Kier alpha value is -3.03. The Kier molecular flexibility index (Phi) is 3.14. The van der Waals surface area contributed by atoms with Gasteiger partial charge in [-0.15, -0.1) is 0 Å². The van der Waals surface area contributed by atoms with Crippen molar-refractivity contribution < 1.29 is 9.21 Å². The molecule has 2 aromatic heterocycles. The number of nitrogens with zero attached hydrogens (tertiary/aromatic N) is 3. The Labute approximate surface area is 130 Å². The highest BCUT2D eigenvalue weighted by Gasteiger charge is 2.17. The van der Waals surface area contributed by atoms with Gasteiger partial charge in [-0.25, -0.2) is 9.48 Å². The summed E-state index contributed by atoms with van der Waals surface area (Å²) in [5.41, 5.74) is 1.69. The first-order chi connectivity index (χ1) is 11.2. The average Bonchev–Trinajstić information content (AvgIpc) is 3.10. The zero-order chi connectivity index (χ0) is 15.8. The second-order valence-electron chi connectivity index (χ2n) is 5.38. The van der Waals surface area contributed by atoms with E-state index in [2.05, 4.69) is 15.7 Å². The predicted octanol–water partition coefficient (Wildman–Crippen LogP) is 1.25. The van der Waals surface area contributed by atoms with Gasteiger partial charge in [-0.3, -0.25) is 9.36 Å². The molecule has 1 aliphatic rings. The van der Waals surface area contributed by atoms with Crippen LogP contribution in [0.25, 0.3) is 11.1 Å². The molecule has 0 unspecified atom stereocenters. The van der Waals surface area contributed by atoms with Gasteiger partial charge in [0.15, 0.2) is 5.58 Å². The first-order valence-electron chi connectivity index (χ1n) is 7.40. The summed E-state index contributed by atoms with van der Waals surface area (Å²) in [6.07, 6.45) is 2.61. The third-order valence-corrected chi connectivity index (χ3v) is 3.83. The summed E-state index contributed by atoms with van der Waals surface area (Å²) in [4.78, 5) is 24.2. The van der Waals surface area contributed by atoms with Crippen molar-refractivity contribution in [1.29, 1.82) is 0 Å². The summed E-state index contributed by atoms with van der Waals surface area (Å²) in [7, 11) is 0. The predicted molar refractivity (Wildman–Crippen MR) is 84.4 cm³/mol. The Morgan fingerprint density at radius 3 is 3.17 bits per heavy atom. The Morgan fingerprint density at radius 1 is 1.39 bits per heavy atom. The lowest BCUT2D eigenvalue weighted by Gasteiger charge is -2.17. The molecule has 4 rings (SSSR count). The minimum atomic E-state index is -0.545. The van der Waals surface area contributed by atoms with Crippen LogP contribution < -0.4 is 16.4 Å². The van der Waals surface area contributed by atoms with Crippen molar-refractivity contribution >= 4 is 28.5 Å². The van der Waals surface area contributed by atoms with Gasteiger partial charge in [-0.05, 0) is 18.6 Å². The molecule has 1 aliphatic heterocycles. The van der Waals surface area contributed by atoms with Crippen molar-refractivity contribution in [3.63, 3.8) is 0 Å². The molecule has 0 fully saturated rings. The van der Waals surface area contributed by atoms with Gasteiger partial charge in [0.2, 0.25) is 5.91 Å². The Balaban J connectivity index is 1.57. The number of fused-ring (bicyclic) bond motifs is 2. The third kappa shape index (κ3) is 2.37. The lowest BCUT2D eigenvalue weighted by molar-refractivity contribution is -0.116. The summed E-state index contributed by atoms with van der Waals surface area (Å²) in [5, 5.41) is 10.2. The first kappa shape index (κ1) is 13.6. The summed E-state index contributed by atoms with van der Waals surface area (Å²) >= 11 is 0. The zero-order valence-electron chi connectivity index (χ0n) is 12.3. The number of para-hydroxylation sites is 2. The van der Waals surface area contributed by atoms with Crippen molar-refractivity contribution in [2.75, 3.05) is 17.2 Å². The van der Waals surface area contributed by atoms with E-state index in [0.717, 1.165) is 25.3 Å². The van der Waals surface area contributed by atoms with Crippen LogP contribution in [0.15, 0.2) is 39.7 Å². The van der Waals surface area contributed by atoms with Crippen LogP contribution in [0.3, 0.4) is 0 Å². The quantitative estimate of drug-likeness (QED) is 0.759. The topological polar surface area (TPSA) is 94.1 Å². The monoisotopic (exact) mass is 313 g/mol. The number of carbonyl (C=O) groups is 1. The SMILES string of the molecule is O=C(Cn1c(=O)oc2ccccc21)Nc1cnn2c1NCCC2. The fraction of sp³-hybridized carbons (Fsp3) is 0.267. The van der Waals surface area contributed by atoms with Crippen LogP contribution in [0, 0.1) is 0 Å². The zero-order valence-corrected chi connectivity index (χ0v) is 12.3. The van der Waals surface area contributed by atoms with Gasteiger partial charge < -0.3 is 15.1 Å². The maximum absolute atomic E-state index is 12.3. The highest BCUT2D eigenvalue weighted by atomic mass is 16.4. The standard InChI is InChI=1S/C15H15N5O3/c21-13(18-10-8-17-20-7-3-6-16-14(10)20)9-19-11-4-1-2-5-12(11)23-15(19)22/h1-2,4-5,8,16H,3,6-7,9H2,(H,18,21). The van der Waals surface area contributed by atoms with Gasteiger partial charge in [0, 0.05) is 13.1 Å². The summed E-state index contributed by atoms with van der Waals surface area (Å²) in [5.74, 6) is -0.0488. The molecule has 1 aromatic carbocycles. The highest BCUT2D eigenvalue weighted by Crippen LogP contribution is 2.24. The average molecular weight is 313 g/mol. The number of rotatable bonds is 3. The molecule has 3 heterocycles. The van der Waals surface area contributed by atoms with Crippen LogP contribution in [0.1, 0.15) is 6.42 Å². The number of benzene rings is 1. The smallest absolute Gasteiger partial charge is 0.408 e. The van der Waals surface area contributed by atoms with E-state index in [-0.39, 0.29) is 12.5 Å². The lowest BCUT2D eigenvalue weighted by atomic mass is 10.3. The van der Waals surface area contributed by atoms with E-state index in [1.54, 1.807) is 30.5 Å². The number of oxazole rings is 1. The molecule has 0 bridgehead atoms. The molecule has 0 saturated heterocycles. The third-order valence-electron chi connectivity index (χ3n) is 3.83. The van der Waals surface area contributed by atoms with Crippen LogP contribution in [0.5, 0.6) is 0 Å². The van der Waals surface area contributed by atoms with Crippen molar-refractivity contribution in [3.05, 3.63) is 41.0 Å². The largest absolute Gasteiger partial charge is 0.420 e. The van der Waals surface area contributed by atoms with E-state index in [4.69, 9.17) is 4.42 Å². The fourth-order valence-electron chi connectivity index (χ4n) is 2.77. The van der Waals surface area contributed by atoms with Gasteiger partial charge in [-0.1, -0.05) is 12.1 Å². The van der Waals surface area contributed by atoms with E-state index in [0.29, 0.717) is 16.8 Å². The molecular weight excluding hydrogens is 298 g/mol. The van der Waals surface area contributed by atoms with Crippen molar-refractivity contribution in [1.82, 2.24) is 14.3 Å². The number of hydrogen-bond acceptors (Lipinski definition) is 5. The van der Waals surface area contributed by atoms with Crippen molar-refractivity contribution in [2.45, 2.75) is 19.5 Å². The Morgan fingerprint density at radius 2 is 2.26 bits per heavy atom. The van der Waals surface area contributed by atoms with Crippen LogP contribution in [-0.4, -0.2) is 26.8 Å². The molecule has 1 amide bonds. The van der Waals surface area contributed by atoms with Gasteiger partial charge in [0.25, 0.3) is 0 Å². The molecule has 0 atom stereocenters. The normalized spacial score (nSPS) is 13.6. The van der Waals surface area contributed by atoms with Gasteiger partial charge >= 0.3 is 5.76 Å². The highest BCUT2D eigenvalue weighted by molar-refractivity contribution is 5.94. The molecule has 3 aromatic rings. The van der Waals surface area contributed by atoms with E-state index >= 15 is 0 Å². The van der Waals surface area contributed by atoms with Crippen LogP contribution in [0.4, 0.5) is 11.5 Å². The summed E-state index contributed by atoms with van der Waals surface area (Å²) in [6, 6.07) is 7.02. The van der Waals surface area contributed by atoms with Crippen LogP contribution >= 0.6 is 0 Å². The number of hydrogen-bond donors (Lipinski definition) is 2. The molecule has 118 valence electrons. The van der Waals surface area contributed by atoms with E-state index in [1.165, 1.54) is 4.57 Å². The second-order valence-corrected chi connectivity index (χ2v) is 5.38. The molecule has 0 spiro atoms. The second kappa shape index (κ2) is 5.31.